The highest BCUT2D eigenvalue weighted by Crippen LogP contribution is 2.31. The fraction of sp³-hybridized carbons (Fsp3) is 0.571. The molecule has 1 unspecified atom stereocenters. The van der Waals surface area contributed by atoms with Crippen LogP contribution < -0.4 is 11.1 Å². The van der Waals surface area contributed by atoms with E-state index < -0.39 is 0 Å². The lowest BCUT2D eigenvalue weighted by Gasteiger charge is -2.12. The minimum absolute atomic E-state index is 0.176. The molecule has 2 rings (SSSR count). The molecule has 2 heteroatoms. The quantitative estimate of drug-likeness (QED) is 0.690. The second kappa shape index (κ2) is 6.02. The summed E-state index contributed by atoms with van der Waals surface area (Å²) in [6.45, 7) is 2.19. The highest BCUT2D eigenvalue weighted by atomic mass is 14.9. The summed E-state index contributed by atoms with van der Waals surface area (Å²) < 4.78 is 0. The molecule has 1 aliphatic rings. The van der Waals surface area contributed by atoms with Crippen molar-refractivity contribution in [1.82, 2.24) is 5.32 Å². The summed E-state index contributed by atoms with van der Waals surface area (Å²) in [6.07, 6.45) is 5.27. The standard InChI is InChI=1S/C14H22N2/c15-14(13-4-2-1-3-5-13)9-11-16-10-8-12-6-7-12/h1-5,12,14,16H,6-11,15H2. The number of nitrogens with one attached hydrogen (secondary N) is 1. The van der Waals surface area contributed by atoms with Gasteiger partial charge in [0, 0.05) is 6.04 Å². The molecule has 0 radical (unpaired) electrons. The topological polar surface area (TPSA) is 38.0 Å². The summed E-state index contributed by atoms with van der Waals surface area (Å²) in [5.41, 5.74) is 7.35. The van der Waals surface area contributed by atoms with Crippen molar-refractivity contribution in [2.45, 2.75) is 31.7 Å². The van der Waals surface area contributed by atoms with Gasteiger partial charge in [-0.3, -0.25) is 0 Å². The molecule has 0 saturated heterocycles. The van der Waals surface area contributed by atoms with Crippen LogP contribution in [0.5, 0.6) is 0 Å². The third-order valence-electron chi connectivity index (χ3n) is 3.29. The predicted octanol–water partition coefficient (Wildman–Crippen LogP) is 2.47. The molecule has 1 aromatic carbocycles. The molecule has 0 aliphatic heterocycles. The first kappa shape index (κ1) is 11.6. The number of nitrogens with two attached hydrogens (primary N) is 1. The summed E-state index contributed by atoms with van der Waals surface area (Å²) in [5.74, 6) is 1.02. The van der Waals surface area contributed by atoms with Gasteiger partial charge >= 0.3 is 0 Å². The highest BCUT2D eigenvalue weighted by Gasteiger charge is 2.19. The van der Waals surface area contributed by atoms with E-state index in [1.54, 1.807) is 0 Å². The van der Waals surface area contributed by atoms with Crippen molar-refractivity contribution in [1.29, 1.82) is 0 Å². The van der Waals surface area contributed by atoms with Gasteiger partial charge in [-0.15, -0.1) is 0 Å². The van der Waals surface area contributed by atoms with Crippen LogP contribution in [0.25, 0.3) is 0 Å². The Kier molecular flexibility index (Phi) is 4.37. The zero-order valence-corrected chi connectivity index (χ0v) is 9.86. The Morgan fingerprint density at radius 2 is 1.94 bits per heavy atom. The second-order valence-corrected chi connectivity index (χ2v) is 4.79. The molecule has 3 N–H and O–H groups in total. The minimum atomic E-state index is 0.176. The van der Waals surface area contributed by atoms with Gasteiger partial charge in [-0.05, 0) is 37.4 Å². The lowest BCUT2D eigenvalue weighted by Crippen LogP contribution is -2.22. The summed E-state index contributed by atoms with van der Waals surface area (Å²) in [4.78, 5) is 0. The first-order valence-electron chi connectivity index (χ1n) is 6.37. The van der Waals surface area contributed by atoms with Gasteiger partial charge in [0.25, 0.3) is 0 Å². The molecular weight excluding hydrogens is 196 g/mol. The zero-order chi connectivity index (χ0) is 11.2. The van der Waals surface area contributed by atoms with Gasteiger partial charge in [0.2, 0.25) is 0 Å². The third-order valence-corrected chi connectivity index (χ3v) is 3.29. The van der Waals surface area contributed by atoms with Gasteiger partial charge in [0.15, 0.2) is 0 Å². The predicted molar refractivity (Wildman–Crippen MR) is 68.2 cm³/mol. The highest BCUT2D eigenvalue weighted by molar-refractivity contribution is 5.18. The largest absolute Gasteiger partial charge is 0.324 e. The minimum Gasteiger partial charge on any atom is -0.324 e. The molecule has 2 nitrogen and oxygen atoms in total. The monoisotopic (exact) mass is 218 g/mol. The molecule has 0 heterocycles. The van der Waals surface area contributed by atoms with E-state index in [-0.39, 0.29) is 6.04 Å². The van der Waals surface area contributed by atoms with Crippen LogP contribution in [0.1, 0.15) is 37.3 Å². The fourth-order valence-electron chi connectivity index (χ4n) is 1.96. The van der Waals surface area contributed by atoms with E-state index in [1.807, 2.05) is 6.07 Å². The average Bonchev–Trinajstić information content (AvgIpc) is 3.13. The number of hydrogen-bond donors (Lipinski definition) is 2. The van der Waals surface area contributed by atoms with Crippen molar-refractivity contribution < 1.29 is 0 Å². The Bertz CT molecular complexity index is 293. The maximum absolute atomic E-state index is 6.11. The Hall–Kier alpha value is -0.860. The van der Waals surface area contributed by atoms with Crippen molar-refractivity contribution in [3.05, 3.63) is 35.9 Å². The van der Waals surface area contributed by atoms with Crippen molar-refractivity contribution in [3.63, 3.8) is 0 Å². The number of rotatable bonds is 7. The summed E-state index contributed by atoms with van der Waals surface area (Å²) in [6, 6.07) is 10.5. The molecule has 0 aromatic heterocycles. The Labute approximate surface area is 98.2 Å². The van der Waals surface area contributed by atoms with Crippen LogP contribution in [0.15, 0.2) is 30.3 Å². The normalized spacial score (nSPS) is 17.3. The van der Waals surface area contributed by atoms with Crippen LogP contribution in [-0.4, -0.2) is 13.1 Å². The summed E-state index contributed by atoms with van der Waals surface area (Å²) >= 11 is 0. The first-order valence-corrected chi connectivity index (χ1v) is 6.37. The molecule has 0 bridgehead atoms. The van der Waals surface area contributed by atoms with Crippen LogP contribution in [0.3, 0.4) is 0 Å². The summed E-state index contributed by atoms with van der Waals surface area (Å²) in [7, 11) is 0. The van der Waals surface area contributed by atoms with Gasteiger partial charge in [-0.1, -0.05) is 43.2 Å². The second-order valence-electron chi connectivity index (χ2n) is 4.79. The molecule has 1 atom stereocenters. The maximum Gasteiger partial charge on any atom is 0.0306 e. The van der Waals surface area contributed by atoms with E-state index in [9.17, 15) is 0 Å². The maximum atomic E-state index is 6.11. The lowest BCUT2D eigenvalue weighted by atomic mass is 10.1. The fourth-order valence-corrected chi connectivity index (χ4v) is 1.96. The molecule has 1 aromatic rings. The first-order chi connectivity index (χ1) is 7.86. The molecule has 1 saturated carbocycles. The van der Waals surface area contributed by atoms with Crippen LogP contribution in [-0.2, 0) is 0 Å². The van der Waals surface area contributed by atoms with Crippen molar-refractivity contribution in [3.8, 4) is 0 Å². The average molecular weight is 218 g/mol. The van der Waals surface area contributed by atoms with E-state index in [2.05, 4.69) is 29.6 Å². The Morgan fingerprint density at radius 1 is 1.19 bits per heavy atom. The third kappa shape index (κ3) is 3.95. The van der Waals surface area contributed by atoms with Gasteiger partial charge < -0.3 is 11.1 Å². The van der Waals surface area contributed by atoms with Crippen molar-refractivity contribution >= 4 is 0 Å². The van der Waals surface area contributed by atoms with Crippen LogP contribution in [0.2, 0.25) is 0 Å². The molecule has 1 fully saturated rings. The van der Waals surface area contributed by atoms with E-state index in [0.717, 1.165) is 25.4 Å². The molecule has 88 valence electrons. The number of benzene rings is 1. The van der Waals surface area contributed by atoms with Gasteiger partial charge in [0.05, 0.1) is 0 Å². The van der Waals surface area contributed by atoms with Crippen LogP contribution >= 0.6 is 0 Å². The number of hydrogen-bond acceptors (Lipinski definition) is 2. The van der Waals surface area contributed by atoms with E-state index in [1.165, 1.54) is 24.8 Å². The molecule has 0 spiro atoms. The van der Waals surface area contributed by atoms with E-state index in [4.69, 9.17) is 5.73 Å². The molecular formula is C14H22N2. The van der Waals surface area contributed by atoms with Gasteiger partial charge in [-0.25, -0.2) is 0 Å². The SMILES string of the molecule is NC(CCNCCC1CC1)c1ccccc1. The van der Waals surface area contributed by atoms with Gasteiger partial charge in [-0.2, -0.15) is 0 Å². The van der Waals surface area contributed by atoms with Crippen LogP contribution in [0, 0.1) is 5.92 Å². The van der Waals surface area contributed by atoms with Crippen molar-refractivity contribution in [2.24, 2.45) is 11.7 Å². The van der Waals surface area contributed by atoms with Gasteiger partial charge in [0.1, 0.15) is 0 Å². The molecule has 16 heavy (non-hydrogen) atoms. The Balaban J connectivity index is 1.58. The molecule has 1 aliphatic carbocycles. The zero-order valence-electron chi connectivity index (χ0n) is 9.86. The lowest BCUT2D eigenvalue weighted by molar-refractivity contribution is 0.555. The summed E-state index contributed by atoms with van der Waals surface area (Å²) in [5, 5.41) is 3.48. The van der Waals surface area contributed by atoms with E-state index >= 15 is 0 Å². The van der Waals surface area contributed by atoms with E-state index in [0.29, 0.717) is 0 Å². The van der Waals surface area contributed by atoms with Crippen molar-refractivity contribution in [2.75, 3.05) is 13.1 Å². The smallest absolute Gasteiger partial charge is 0.0306 e. The Morgan fingerprint density at radius 3 is 2.62 bits per heavy atom. The van der Waals surface area contributed by atoms with Crippen LogP contribution in [0.4, 0.5) is 0 Å². The molecule has 0 amide bonds.